The van der Waals surface area contributed by atoms with Gasteiger partial charge in [-0.1, -0.05) is 0 Å². The minimum absolute atomic E-state index is 0.0837. The van der Waals surface area contributed by atoms with Crippen LogP contribution in [0.4, 0.5) is 0 Å². The van der Waals surface area contributed by atoms with Crippen molar-refractivity contribution in [1.29, 1.82) is 0 Å². The Labute approximate surface area is 83.9 Å². The second kappa shape index (κ2) is 3.39. The summed E-state index contributed by atoms with van der Waals surface area (Å²) in [6, 6.07) is 0.536. The van der Waals surface area contributed by atoms with Crippen molar-refractivity contribution in [3.05, 3.63) is 0 Å². The number of likely N-dealkylation sites (N-methyl/N-ethyl adjacent to an activating group) is 1. The van der Waals surface area contributed by atoms with Gasteiger partial charge in [0.2, 0.25) is 0 Å². The van der Waals surface area contributed by atoms with Gasteiger partial charge in [-0.25, -0.2) is 0 Å². The summed E-state index contributed by atoms with van der Waals surface area (Å²) >= 11 is 5.72. The van der Waals surface area contributed by atoms with Crippen molar-refractivity contribution >= 4 is 11.6 Å². The number of hydrogen-bond acceptors (Lipinski definition) is 3. The summed E-state index contributed by atoms with van der Waals surface area (Å²) in [6.07, 6.45) is 1.04. The van der Waals surface area contributed by atoms with Crippen LogP contribution in [-0.4, -0.2) is 48.9 Å². The monoisotopic (exact) mass is 205 g/mol. The predicted octanol–water partition coefficient (Wildman–Crippen LogP) is 1.06. The fourth-order valence-corrected chi connectivity index (χ4v) is 2.24. The van der Waals surface area contributed by atoms with Crippen LogP contribution in [0.5, 0.6) is 0 Å². The molecule has 3 unspecified atom stereocenters. The van der Waals surface area contributed by atoms with Gasteiger partial charge in [-0.15, -0.1) is 11.6 Å². The fraction of sp³-hybridized carbons (Fsp3) is 1.00. The van der Waals surface area contributed by atoms with Gasteiger partial charge in [0, 0.05) is 12.5 Å². The molecule has 2 heterocycles. The molecule has 2 rings (SSSR count). The van der Waals surface area contributed by atoms with E-state index in [-0.39, 0.29) is 11.9 Å². The van der Waals surface area contributed by atoms with Crippen molar-refractivity contribution < 1.29 is 9.47 Å². The summed E-state index contributed by atoms with van der Waals surface area (Å²) in [5.74, 6) is 0.174. The summed E-state index contributed by atoms with van der Waals surface area (Å²) < 4.78 is 11.5. The first-order valence-corrected chi connectivity index (χ1v) is 5.27. The standard InChI is InChI=1S/C9H16ClNO2/c1-7-3-9(6-11(7)2)12-5-8(4-10)13-9/h7-8H,3-6H2,1-2H3. The number of rotatable bonds is 1. The fourth-order valence-electron chi connectivity index (χ4n) is 2.09. The molecule has 0 amide bonds. The Morgan fingerprint density at radius 1 is 1.62 bits per heavy atom. The third kappa shape index (κ3) is 1.71. The van der Waals surface area contributed by atoms with Crippen LogP contribution in [0, 0.1) is 0 Å². The van der Waals surface area contributed by atoms with E-state index < -0.39 is 0 Å². The van der Waals surface area contributed by atoms with Gasteiger partial charge in [0.05, 0.1) is 25.1 Å². The molecule has 4 heteroatoms. The van der Waals surface area contributed by atoms with Crippen LogP contribution in [0.25, 0.3) is 0 Å². The van der Waals surface area contributed by atoms with Crippen LogP contribution in [0.2, 0.25) is 0 Å². The molecular weight excluding hydrogens is 190 g/mol. The maximum atomic E-state index is 5.80. The van der Waals surface area contributed by atoms with Crippen LogP contribution in [-0.2, 0) is 9.47 Å². The Morgan fingerprint density at radius 2 is 2.38 bits per heavy atom. The van der Waals surface area contributed by atoms with Crippen molar-refractivity contribution in [1.82, 2.24) is 4.90 Å². The molecule has 2 aliphatic rings. The lowest BCUT2D eigenvalue weighted by atomic mass is 10.2. The number of likely N-dealkylation sites (tertiary alicyclic amines) is 1. The van der Waals surface area contributed by atoms with Gasteiger partial charge in [-0.05, 0) is 14.0 Å². The second-order valence-electron chi connectivity index (χ2n) is 4.08. The first-order chi connectivity index (χ1) is 6.15. The molecule has 0 radical (unpaired) electrons. The number of nitrogens with zero attached hydrogens (tertiary/aromatic N) is 1. The first kappa shape index (κ1) is 9.71. The maximum absolute atomic E-state index is 5.80. The SMILES string of the molecule is CC1CC2(CN1C)OCC(CCl)O2. The molecule has 0 bridgehead atoms. The van der Waals surface area contributed by atoms with Crippen LogP contribution in [0.15, 0.2) is 0 Å². The van der Waals surface area contributed by atoms with Crippen LogP contribution >= 0.6 is 11.6 Å². The Morgan fingerprint density at radius 3 is 2.85 bits per heavy atom. The number of hydrogen-bond donors (Lipinski definition) is 0. The van der Waals surface area contributed by atoms with Gasteiger partial charge < -0.3 is 9.47 Å². The number of alkyl halides is 1. The number of halogens is 1. The minimum atomic E-state index is -0.353. The lowest BCUT2D eigenvalue weighted by Gasteiger charge is -2.21. The van der Waals surface area contributed by atoms with Crippen molar-refractivity contribution in [3.8, 4) is 0 Å². The molecule has 13 heavy (non-hydrogen) atoms. The van der Waals surface area contributed by atoms with Crippen LogP contribution < -0.4 is 0 Å². The summed E-state index contributed by atoms with van der Waals surface area (Å²) in [6.45, 7) is 3.70. The average Bonchev–Trinajstić information content (AvgIpc) is 2.59. The van der Waals surface area contributed by atoms with E-state index in [1.807, 2.05) is 0 Å². The van der Waals surface area contributed by atoms with Crippen LogP contribution in [0.3, 0.4) is 0 Å². The molecule has 2 fully saturated rings. The van der Waals surface area contributed by atoms with Crippen LogP contribution in [0.1, 0.15) is 13.3 Å². The Kier molecular flexibility index (Phi) is 2.53. The molecule has 0 saturated carbocycles. The molecule has 0 aromatic rings. The van der Waals surface area contributed by atoms with E-state index in [0.717, 1.165) is 13.0 Å². The van der Waals surface area contributed by atoms with Crippen molar-refractivity contribution in [2.45, 2.75) is 31.3 Å². The van der Waals surface area contributed by atoms with Gasteiger partial charge in [0.15, 0.2) is 5.79 Å². The van der Waals surface area contributed by atoms with Gasteiger partial charge in [-0.3, -0.25) is 4.90 Å². The topological polar surface area (TPSA) is 21.7 Å². The summed E-state index contributed by atoms with van der Waals surface area (Å²) in [5.41, 5.74) is 0. The Hall–Kier alpha value is 0.170. The van der Waals surface area contributed by atoms with Crippen molar-refractivity contribution in [3.63, 3.8) is 0 Å². The summed E-state index contributed by atoms with van der Waals surface area (Å²) in [5, 5.41) is 0. The zero-order chi connectivity index (χ0) is 9.47. The number of ether oxygens (including phenoxy) is 2. The highest BCUT2D eigenvalue weighted by molar-refractivity contribution is 6.18. The zero-order valence-electron chi connectivity index (χ0n) is 8.12. The Balaban J connectivity index is 2.00. The van der Waals surface area contributed by atoms with E-state index in [2.05, 4.69) is 18.9 Å². The molecule has 0 aromatic carbocycles. The summed E-state index contributed by atoms with van der Waals surface area (Å²) in [4.78, 5) is 2.26. The smallest absolute Gasteiger partial charge is 0.183 e. The van der Waals surface area contributed by atoms with Gasteiger partial charge in [-0.2, -0.15) is 0 Å². The molecule has 3 atom stereocenters. The second-order valence-corrected chi connectivity index (χ2v) is 4.39. The molecule has 3 nitrogen and oxygen atoms in total. The van der Waals surface area contributed by atoms with Crippen molar-refractivity contribution in [2.75, 3.05) is 26.1 Å². The quantitative estimate of drug-likeness (QED) is 0.598. The molecule has 76 valence electrons. The highest BCUT2D eigenvalue weighted by atomic mass is 35.5. The molecule has 0 aliphatic carbocycles. The molecular formula is C9H16ClNO2. The molecule has 1 spiro atoms. The van der Waals surface area contributed by atoms with E-state index in [0.29, 0.717) is 18.5 Å². The van der Waals surface area contributed by atoms with E-state index in [1.54, 1.807) is 0 Å². The highest BCUT2D eigenvalue weighted by Crippen LogP contribution is 2.35. The lowest BCUT2D eigenvalue weighted by Crippen LogP contribution is -2.34. The minimum Gasteiger partial charge on any atom is -0.346 e. The lowest BCUT2D eigenvalue weighted by molar-refractivity contribution is -0.154. The molecule has 0 N–H and O–H groups in total. The average molecular weight is 206 g/mol. The summed E-state index contributed by atoms with van der Waals surface area (Å²) in [7, 11) is 2.10. The van der Waals surface area contributed by atoms with Gasteiger partial charge in [0.1, 0.15) is 0 Å². The predicted molar refractivity (Wildman–Crippen MR) is 51.0 cm³/mol. The molecule has 2 aliphatic heterocycles. The van der Waals surface area contributed by atoms with E-state index in [9.17, 15) is 0 Å². The normalized spacial score (nSPS) is 46.4. The maximum Gasteiger partial charge on any atom is 0.183 e. The van der Waals surface area contributed by atoms with E-state index in [1.165, 1.54) is 0 Å². The Bertz CT molecular complexity index is 190. The zero-order valence-corrected chi connectivity index (χ0v) is 8.88. The van der Waals surface area contributed by atoms with E-state index in [4.69, 9.17) is 21.1 Å². The molecule has 0 aromatic heterocycles. The van der Waals surface area contributed by atoms with Gasteiger partial charge >= 0.3 is 0 Å². The van der Waals surface area contributed by atoms with Gasteiger partial charge in [0.25, 0.3) is 0 Å². The van der Waals surface area contributed by atoms with Crippen molar-refractivity contribution in [2.24, 2.45) is 0 Å². The third-order valence-corrected chi connectivity index (χ3v) is 3.28. The highest BCUT2D eigenvalue weighted by Gasteiger charge is 2.48. The first-order valence-electron chi connectivity index (χ1n) is 4.73. The van der Waals surface area contributed by atoms with E-state index >= 15 is 0 Å². The largest absolute Gasteiger partial charge is 0.346 e. The third-order valence-electron chi connectivity index (χ3n) is 2.93. The molecule has 2 saturated heterocycles.